The van der Waals surface area contributed by atoms with Crippen LogP contribution in [-0.2, 0) is 11.2 Å². The summed E-state index contributed by atoms with van der Waals surface area (Å²) in [5.74, 6) is 0.586. The van der Waals surface area contributed by atoms with Crippen molar-refractivity contribution in [1.82, 2.24) is 15.1 Å². The molecule has 0 saturated carbocycles. The molecule has 3 rings (SSSR count). The van der Waals surface area contributed by atoms with Gasteiger partial charge in [0.25, 0.3) is 0 Å². The Morgan fingerprint density at radius 3 is 2.84 bits per heavy atom. The zero-order valence-corrected chi connectivity index (χ0v) is 15.0. The molecule has 0 unspecified atom stereocenters. The SMILES string of the molecule is CN(CC1CCN(CCc2cccc(F)c2)CC1)C(=O)[C@@H]1C=CCN1. The van der Waals surface area contributed by atoms with E-state index < -0.39 is 0 Å². The number of carbonyl (C=O) groups excluding carboxylic acids is 1. The average Bonchev–Trinajstić information content (AvgIpc) is 3.15. The summed E-state index contributed by atoms with van der Waals surface area (Å²) >= 11 is 0. The Kier molecular flexibility index (Phi) is 6.21. The molecule has 1 atom stereocenters. The summed E-state index contributed by atoms with van der Waals surface area (Å²) in [5, 5.41) is 3.18. The molecule has 2 aliphatic heterocycles. The van der Waals surface area contributed by atoms with Gasteiger partial charge in [0.2, 0.25) is 5.91 Å². The molecule has 0 aromatic heterocycles. The molecule has 0 aliphatic carbocycles. The molecule has 1 saturated heterocycles. The molecular formula is C20H28FN3O. The maximum atomic E-state index is 13.2. The first-order chi connectivity index (χ1) is 12.1. The lowest BCUT2D eigenvalue weighted by molar-refractivity contribution is -0.131. The third-order valence-electron chi connectivity index (χ3n) is 5.27. The van der Waals surface area contributed by atoms with Crippen molar-refractivity contribution < 1.29 is 9.18 Å². The van der Waals surface area contributed by atoms with Crippen molar-refractivity contribution in [2.75, 3.05) is 39.8 Å². The van der Waals surface area contributed by atoms with Gasteiger partial charge in [-0.15, -0.1) is 0 Å². The van der Waals surface area contributed by atoms with E-state index in [1.165, 1.54) is 6.07 Å². The number of piperidine rings is 1. The topological polar surface area (TPSA) is 35.6 Å². The van der Waals surface area contributed by atoms with Gasteiger partial charge in [0.1, 0.15) is 11.9 Å². The van der Waals surface area contributed by atoms with Crippen molar-refractivity contribution in [1.29, 1.82) is 0 Å². The number of rotatable bonds is 6. The lowest BCUT2D eigenvalue weighted by Crippen LogP contribution is -2.45. The largest absolute Gasteiger partial charge is 0.344 e. The normalized spacial score (nSPS) is 21.6. The summed E-state index contributed by atoms with van der Waals surface area (Å²) in [5.41, 5.74) is 1.06. The van der Waals surface area contributed by atoms with Crippen molar-refractivity contribution in [3.05, 3.63) is 47.8 Å². The number of likely N-dealkylation sites (N-methyl/N-ethyl adjacent to an activating group) is 1. The fourth-order valence-corrected chi connectivity index (χ4v) is 3.72. The molecule has 0 bridgehead atoms. The van der Waals surface area contributed by atoms with Crippen LogP contribution < -0.4 is 5.32 Å². The van der Waals surface area contributed by atoms with Gasteiger partial charge in [0.05, 0.1) is 0 Å². The van der Waals surface area contributed by atoms with Crippen LogP contribution in [0.2, 0.25) is 0 Å². The van der Waals surface area contributed by atoms with Crippen LogP contribution in [0.5, 0.6) is 0 Å². The minimum atomic E-state index is -0.157. The number of amides is 1. The first kappa shape index (κ1) is 18.1. The van der Waals surface area contributed by atoms with Gasteiger partial charge in [-0.1, -0.05) is 24.3 Å². The van der Waals surface area contributed by atoms with Crippen LogP contribution >= 0.6 is 0 Å². The maximum Gasteiger partial charge on any atom is 0.243 e. The fraction of sp³-hybridized carbons (Fsp3) is 0.550. The molecule has 0 spiro atoms. The fourth-order valence-electron chi connectivity index (χ4n) is 3.72. The molecule has 2 aliphatic rings. The van der Waals surface area contributed by atoms with E-state index in [0.29, 0.717) is 5.92 Å². The number of likely N-dealkylation sites (tertiary alicyclic amines) is 1. The summed E-state index contributed by atoms with van der Waals surface area (Å²) in [6.45, 7) is 4.71. The number of hydrogen-bond acceptors (Lipinski definition) is 3. The molecule has 2 heterocycles. The number of nitrogens with one attached hydrogen (secondary N) is 1. The highest BCUT2D eigenvalue weighted by molar-refractivity contribution is 5.84. The summed E-state index contributed by atoms with van der Waals surface area (Å²) in [6.07, 6.45) is 7.09. The predicted octanol–water partition coefficient (Wildman–Crippen LogP) is 2.07. The maximum absolute atomic E-state index is 13.2. The Labute approximate surface area is 149 Å². The average molecular weight is 345 g/mol. The van der Waals surface area contributed by atoms with E-state index in [9.17, 15) is 9.18 Å². The highest BCUT2D eigenvalue weighted by Gasteiger charge is 2.25. The molecular weight excluding hydrogens is 317 g/mol. The second-order valence-electron chi connectivity index (χ2n) is 7.20. The zero-order valence-electron chi connectivity index (χ0n) is 15.0. The van der Waals surface area contributed by atoms with Gasteiger partial charge in [-0.05, 0) is 56.0 Å². The summed E-state index contributed by atoms with van der Waals surface area (Å²) < 4.78 is 13.2. The van der Waals surface area contributed by atoms with Crippen LogP contribution in [0, 0.1) is 11.7 Å². The monoisotopic (exact) mass is 345 g/mol. The lowest BCUT2D eigenvalue weighted by atomic mass is 9.95. The second-order valence-corrected chi connectivity index (χ2v) is 7.20. The van der Waals surface area contributed by atoms with E-state index in [1.807, 2.05) is 30.2 Å². The third kappa shape index (κ3) is 5.13. The van der Waals surface area contributed by atoms with Crippen molar-refractivity contribution in [2.24, 2.45) is 5.92 Å². The van der Waals surface area contributed by atoms with E-state index in [-0.39, 0.29) is 17.8 Å². The van der Waals surface area contributed by atoms with E-state index in [0.717, 1.165) is 57.5 Å². The molecule has 1 N–H and O–H groups in total. The standard InChI is InChI=1S/C20H28FN3O/c1-23(20(25)19-6-3-10-22-19)15-17-8-12-24(13-9-17)11-7-16-4-2-5-18(21)14-16/h2-6,14,17,19,22H,7-13,15H2,1H3/t19-/m0/s1. The quantitative estimate of drug-likeness (QED) is 0.802. The van der Waals surface area contributed by atoms with Crippen LogP contribution in [0.4, 0.5) is 4.39 Å². The summed E-state index contributed by atoms with van der Waals surface area (Å²) in [7, 11) is 1.91. The van der Waals surface area contributed by atoms with Gasteiger partial charge in [-0.25, -0.2) is 4.39 Å². The third-order valence-corrected chi connectivity index (χ3v) is 5.27. The zero-order chi connectivity index (χ0) is 17.6. The van der Waals surface area contributed by atoms with Gasteiger partial charge in [0.15, 0.2) is 0 Å². The predicted molar refractivity (Wildman–Crippen MR) is 97.8 cm³/mol. The highest BCUT2D eigenvalue weighted by Crippen LogP contribution is 2.19. The number of benzene rings is 1. The number of carbonyl (C=O) groups is 1. The van der Waals surface area contributed by atoms with E-state index in [2.05, 4.69) is 10.2 Å². The lowest BCUT2D eigenvalue weighted by Gasteiger charge is -2.34. The number of hydrogen-bond donors (Lipinski definition) is 1. The smallest absolute Gasteiger partial charge is 0.243 e. The second kappa shape index (κ2) is 8.59. The molecule has 1 fully saturated rings. The molecule has 136 valence electrons. The van der Waals surface area contributed by atoms with E-state index >= 15 is 0 Å². The highest BCUT2D eigenvalue weighted by atomic mass is 19.1. The molecule has 1 aromatic rings. The minimum Gasteiger partial charge on any atom is -0.344 e. The van der Waals surface area contributed by atoms with Gasteiger partial charge in [0, 0.05) is 26.7 Å². The molecule has 5 heteroatoms. The molecule has 0 radical (unpaired) electrons. The Balaban J connectivity index is 1.38. The van der Waals surface area contributed by atoms with E-state index in [1.54, 1.807) is 12.1 Å². The van der Waals surface area contributed by atoms with Crippen LogP contribution in [0.3, 0.4) is 0 Å². The van der Waals surface area contributed by atoms with Crippen LogP contribution in [0.1, 0.15) is 18.4 Å². The molecule has 4 nitrogen and oxygen atoms in total. The van der Waals surface area contributed by atoms with Crippen molar-refractivity contribution in [3.63, 3.8) is 0 Å². The summed E-state index contributed by atoms with van der Waals surface area (Å²) in [4.78, 5) is 16.7. The van der Waals surface area contributed by atoms with Crippen LogP contribution in [0.25, 0.3) is 0 Å². The number of halogens is 1. The van der Waals surface area contributed by atoms with Gasteiger partial charge in [-0.2, -0.15) is 0 Å². The molecule has 25 heavy (non-hydrogen) atoms. The number of nitrogens with zero attached hydrogens (tertiary/aromatic N) is 2. The first-order valence-corrected chi connectivity index (χ1v) is 9.23. The van der Waals surface area contributed by atoms with E-state index in [4.69, 9.17) is 0 Å². The summed E-state index contributed by atoms with van der Waals surface area (Å²) in [6, 6.07) is 6.74. The van der Waals surface area contributed by atoms with Gasteiger partial charge < -0.3 is 9.80 Å². The Hall–Kier alpha value is -1.72. The molecule has 1 aromatic carbocycles. The minimum absolute atomic E-state index is 0.142. The van der Waals surface area contributed by atoms with Crippen molar-refractivity contribution in [2.45, 2.75) is 25.3 Å². The van der Waals surface area contributed by atoms with Crippen LogP contribution in [-0.4, -0.2) is 61.5 Å². The van der Waals surface area contributed by atoms with Gasteiger partial charge >= 0.3 is 0 Å². The van der Waals surface area contributed by atoms with Crippen LogP contribution in [0.15, 0.2) is 36.4 Å². The molecule has 1 amide bonds. The van der Waals surface area contributed by atoms with Gasteiger partial charge in [-0.3, -0.25) is 10.1 Å². The van der Waals surface area contributed by atoms with Crippen molar-refractivity contribution >= 4 is 5.91 Å². The Morgan fingerprint density at radius 2 is 2.16 bits per heavy atom. The Bertz CT molecular complexity index is 611. The Morgan fingerprint density at radius 1 is 1.36 bits per heavy atom. The first-order valence-electron chi connectivity index (χ1n) is 9.23. The van der Waals surface area contributed by atoms with Crippen molar-refractivity contribution in [3.8, 4) is 0 Å².